The molecule has 0 atom stereocenters. The fourth-order valence-electron chi connectivity index (χ4n) is 3.54. The molecular weight excluding hydrogens is 382 g/mol. The molecule has 2 amide bonds. The molecule has 0 fully saturated rings. The van der Waals surface area contributed by atoms with Gasteiger partial charge >= 0.3 is 0 Å². The Morgan fingerprint density at radius 2 is 1.70 bits per heavy atom. The van der Waals surface area contributed by atoms with Gasteiger partial charge in [-0.2, -0.15) is 0 Å². The van der Waals surface area contributed by atoms with E-state index in [1.54, 1.807) is 12.1 Å². The zero-order chi connectivity index (χ0) is 21.1. The number of rotatable bonds is 5. The number of carbonyl (C=O) groups is 2. The molecule has 0 saturated heterocycles. The monoisotopic (exact) mass is 405 g/mol. The highest BCUT2D eigenvalue weighted by Crippen LogP contribution is 2.33. The number of anilines is 1. The molecule has 1 aliphatic rings. The summed E-state index contributed by atoms with van der Waals surface area (Å²) in [5, 5.41) is 5.44. The Kier molecular flexibility index (Phi) is 5.43. The van der Waals surface area contributed by atoms with Crippen molar-refractivity contribution in [3.05, 3.63) is 71.5 Å². The number of nitrogens with one attached hydrogen (secondary N) is 2. The molecule has 0 unspecified atom stereocenters. The molecule has 2 heterocycles. The van der Waals surface area contributed by atoms with E-state index in [1.165, 1.54) is 0 Å². The lowest BCUT2D eigenvalue weighted by molar-refractivity contribution is -0.115. The summed E-state index contributed by atoms with van der Waals surface area (Å²) in [6.45, 7) is 4.75. The molecule has 0 spiro atoms. The summed E-state index contributed by atoms with van der Waals surface area (Å²) in [4.78, 5) is 24.8. The normalized spacial score (nSPS) is 12.3. The molecule has 0 radical (unpaired) electrons. The predicted molar refractivity (Wildman–Crippen MR) is 114 cm³/mol. The van der Waals surface area contributed by atoms with Crippen LogP contribution >= 0.6 is 0 Å². The minimum atomic E-state index is -0.296. The average molecular weight is 405 g/mol. The number of aromatic nitrogens is 1. The third kappa shape index (κ3) is 4.00. The molecule has 2 N–H and O–H groups in total. The van der Waals surface area contributed by atoms with Crippen molar-refractivity contribution >= 4 is 17.5 Å². The van der Waals surface area contributed by atoms with Gasteiger partial charge in [-0.15, -0.1) is 0 Å². The summed E-state index contributed by atoms with van der Waals surface area (Å²) in [7, 11) is 0. The average Bonchev–Trinajstić information content (AvgIpc) is 3.06. The molecule has 4 rings (SSSR count). The molecule has 7 heteroatoms. The summed E-state index contributed by atoms with van der Waals surface area (Å²) in [6, 6.07) is 16.6. The van der Waals surface area contributed by atoms with Gasteiger partial charge in [0, 0.05) is 28.8 Å². The number of hydrogen-bond acceptors (Lipinski definition) is 4. The minimum Gasteiger partial charge on any atom is -0.486 e. The van der Waals surface area contributed by atoms with Crippen molar-refractivity contribution in [2.45, 2.75) is 13.8 Å². The standard InChI is InChI=1S/C23H23N3O4/c1-15-12-19(23(28)24-14-22(27)25-17-6-4-3-5-7-17)16(2)26(15)18-8-9-20-21(13-18)30-11-10-29-20/h3-9,12-13H,10-11,14H2,1-2H3,(H,24,28)(H,25,27). The van der Waals surface area contributed by atoms with E-state index in [-0.39, 0.29) is 18.4 Å². The van der Waals surface area contributed by atoms with E-state index in [4.69, 9.17) is 9.47 Å². The van der Waals surface area contributed by atoms with Crippen LogP contribution in [-0.4, -0.2) is 36.1 Å². The maximum absolute atomic E-state index is 12.7. The number of carbonyl (C=O) groups excluding carboxylic acids is 2. The minimum absolute atomic E-state index is 0.110. The molecule has 3 aromatic rings. The van der Waals surface area contributed by atoms with Crippen LogP contribution in [0.4, 0.5) is 5.69 Å². The molecule has 1 aromatic heterocycles. The summed E-state index contributed by atoms with van der Waals surface area (Å²) in [5.74, 6) is 0.829. The Balaban J connectivity index is 1.47. The summed E-state index contributed by atoms with van der Waals surface area (Å²) in [5.41, 5.74) is 3.78. The van der Waals surface area contributed by atoms with Crippen molar-refractivity contribution in [1.82, 2.24) is 9.88 Å². The number of amides is 2. The number of para-hydroxylation sites is 1. The Labute approximate surface area is 174 Å². The van der Waals surface area contributed by atoms with E-state index in [9.17, 15) is 9.59 Å². The first-order valence-electron chi connectivity index (χ1n) is 9.75. The lowest BCUT2D eigenvalue weighted by Gasteiger charge is -2.20. The Morgan fingerprint density at radius 3 is 2.47 bits per heavy atom. The van der Waals surface area contributed by atoms with Gasteiger partial charge in [0.1, 0.15) is 13.2 Å². The molecular formula is C23H23N3O4. The highest BCUT2D eigenvalue weighted by atomic mass is 16.6. The SMILES string of the molecule is Cc1cc(C(=O)NCC(=O)Nc2ccccc2)c(C)n1-c1ccc2c(c1)OCCO2. The Morgan fingerprint density at radius 1 is 0.967 bits per heavy atom. The second-order valence-corrected chi connectivity index (χ2v) is 7.05. The van der Waals surface area contributed by atoms with E-state index in [2.05, 4.69) is 10.6 Å². The van der Waals surface area contributed by atoms with Crippen molar-refractivity contribution < 1.29 is 19.1 Å². The van der Waals surface area contributed by atoms with Crippen LogP contribution in [0.1, 0.15) is 21.7 Å². The van der Waals surface area contributed by atoms with Crippen molar-refractivity contribution in [1.29, 1.82) is 0 Å². The van der Waals surface area contributed by atoms with E-state index >= 15 is 0 Å². The smallest absolute Gasteiger partial charge is 0.253 e. The van der Waals surface area contributed by atoms with Crippen LogP contribution in [0.15, 0.2) is 54.6 Å². The van der Waals surface area contributed by atoms with Crippen molar-refractivity contribution in [2.75, 3.05) is 25.1 Å². The van der Waals surface area contributed by atoms with Gasteiger partial charge in [-0.25, -0.2) is 0 Å². The first kappa shape index (κ1) is 19.6. The number of aryl methyl sites for hydroxylation is 1. The van der Waals surface area contributed by atoms with Crippen LogP contribution in [0.3, 0.4) is 0 Å². The van der Waals surface area contributed by atoms with Gasteiger partial charge in [-0.1, -0.05) is 18.2 Å². The van der Waals surface area contributed by atoms with Crippen LogP contribution in [0, 0.1) is 13.8 Å². The third-order valence-electron chi connectivity index (χ3n) is 4.93. The van der Waals surface area contributed by atoms with Crippen molar-refractivity contribution in [3.8, 4) is 17.2 Å². The molecule has 2 aromatic carbocycles. The first-order chi connectivity index (χ1) is 14.5. The maximum Gasteiger partial charge on any atom is 0.253 e. The van der Waals surface area contributed by atoms with E-state index in [1.807, 2.05) is 60.9 Å². The van der Waals surface area contributed by atoms with Gasteiger partial charge in [0.25, 0.3) is 5.91 Å². The fourth-order valence-corrected chi connectivity index (χ4v) is 3.54. The Bertz CT molecular complexity index is 1090. The summed E-state index contributed by atoms with van der Waals surface area (Å²) < 4.78 is 13.2. The summed E-state index contributed by atoms with van der Waals surface area (Å²) in [6.07, 6.45) is 0. The molecule has 1 aliphatic heterocycles. The van der Waals surface area contributed by atoms with Gasteiger partial charge in [0.15, 0.2) is 11.5 Å². The number of ether oxygens (including phenoxy) is 2. The Hall–Kier alpha value is -3.74. The topological polar surface area (TPSA) is 81.6 Å². The fraction of sp³-hybridized carbons (Fsp3) is 0.217. The third-order valence-corrected chi connectivity index (χ3v) is 4.93. The molecule has 0 saturated carbocycles. The quantitative estimate of drug-likeness (QED) is 0.683. The molecule has 0 bridgehead atoms. The second-order valence-electron chi connectivity index (χ2n) is 7.05. The highest BCUT2D eigenvalue weighted by molar-refractivity contribution is 6.00. The van der Waals surface area contributed by atoms with Crippen molar-refractivity contribution in [3.63, 3.8) is 0 Å². The lowest BCUT2D eigenvalue weighted by atomic mass is 10.2. The lowest BCUT2D eigenvalue weighted by Crippen LogP contribution is -2.33. The van der Waals surface area contributed by atoms with Crippen LogP contribution in [-0.2, 0) is 4.79 Å². The predicted octanol–water partition coefficient (Wildman–Crippen LogP) is 3.23. The van der Waals surface area contributed by atoms with Crippen LogP contribution in [0.5, 0.6) is 11.5 Å². The molecule has 30 heavy (non-hydrogen) atoms. The highest BCUT2D eigenvalue weighted by Gasteiger charge is 2.19. The van der Waals surface area contributed by atoms with Crippen LogP contribution in [0.2, 0.25) is 0 Å². The van der Waals surface area contributed by atoms with Crippen molar-refractivity contribution in [2.24, 2.45) is 0 Å². The van der Waals surface area contributed by atoms with Crippen LogP contribution < -0.4 is 20.1 Å². The van der Waals surface area contributed by atoms with E-state index < -0.39 is 0 Å². The van der Waals surface area contributed by atoms with Gasteiger partial charge in [-0.3, -0.25) is 9.59 Å². The number of hydrogen-bond donors (Lipinski definition) is 2. The molecule has 7 nitrogen and oxygen atoms in total. The van der Waals surface area contributed by atoms with Crippen LogP contribution in [0.25, 0.3) is 5.69 Å². The number of benzene rings is 2. The number of fused-ring (bicyclic) bond motifs is 1. The maximum atomic E-state index is 12.7. The van der Waals surface area contributed by atoms with Gasteiger partial charge < -0.3 is 24.7 Å². The van der Waals surface area contributed by atoms with Gasteiger partial charge in [0.05, 0.1) is 12.1 Å². The molecule has 0 aliphatic carbocycles. The summed E-state index contributed by atoms with van der Waals surface area (Å²) >= 11 is 0. The zero-order valence-corrected chi connectivity index (χ0v) is 16.9. The van der Waals surface area contributed by atoms with Gasteiger partial charge in [-0.05, 0) is 44.2 Å². The van der Waals surface area contributed by atoms with Gasteiger partial charge in [0.2, 0.25) is 5.91 Å². The zero-order valence-electron chi connectivity index (χ0n) is 16.9. The number of nitrogens with zero attached hydrogens (tertiary/aromatic N) is 1. The first-order valence-corrected chi connectivity index (χ1v) is 9.75. The van der Waals surface area contributed by atoms with E-state index in [0.29, 0.717) is 30.2 Å². The van der Waals surface area contributed by atoms with E-state index in [0.717, 1.165) is 22.8 Å². The molecule has 154 valence electrons. The largest absolute Gasteiger partial charge is 0.486 e. The second kappa shape index (κ2) is 8.32.